The predicted octanol–water partition coefficient (Wildman–Crippen LogP) is 10.0. The van der Waals surface area contributed by atoms with Gasteiger partial charge in [-0.15, -0.1) is 11.3 Å². The van der Waals surface area contributed by atoms with Gasteiger partial charge in [0, 0.05) is 49.5 Å². The summed E-state index contributed by atoms with van der Waals surface area (Å²) in [5.41, 5.74) is 5.79. The van der Waals surface area contributed by atoms with Crippen molar-refractivity contribution in [2.45, 2.75) is 0 Å². The molecule has 0 N–H and O–H groups in total. The lowest BCUT2D eigenvalue weighted by Crippen LogP contribution is -2.11. The minimum Gasteiger partial charge on any atom is -0.309 e. The van der Waals surface area contributed by atoms with Gasteiger partial charge in [-0.25, -0.2) is 4.98 Å². The molecular weight excluding hydrogens is 494 g/mol. The first-order chi connectivity index (χ1) is 19.4. The molecule has 8 aromatic rings. The molecule has 3 heterocycles. The summed E-state index contributed by atoms with van der Waals surface area (Å²) in [6, 6.07) is 47.3. The molecule has 8 rings (SSSR count). The maximum atomic E-state index is 4.94. The molecule has 0 aliphatic heterocycles. The normalized spacial score (nSPS) is 11.6. The molecule has 3 aromatic heterocycles. The highest BCUT2D eigenvalue weighted by Gasteiger charge is 2.20. The van der Waals surface area contributed by atoms with E-state index in [4.69, 9.17) is 4.98 Å². The summed E-state index contributed by atoms with van der Waals surface area (Å²) in [5.74, 6) is 0.949. The van der Waals surface area contributed by atoms with E-state index in [-0.39, 0.29) is 0 Å². The Hall–Kier alpha value is -4.93. The third kappa shape index (κ3) is 3.46. The molecule has 0 saturated carbocycles. The lowest BCUT2D eigenvalue weighted by atomic mass is 10.1. The van der Waals surface area contributed by atoms with E-state index in [0.29, 0.717) is 0 Å². The van der Waals surface area contributed by atoms with Crippen molar-refractivity contribution in [3.63, 3.8) is 0 Å². The largest absolute Gasteiger partial charge is 0.309 e. The second-order valence-corrected chi connectivity index (χ2v) is 10.7. The minimum absolute atomic E-state index is 0.949. The summed E-state index contributed by atoms with van der Waals surface area (Å²) in [5, 5.41) is 5.02. The molecule has 3 nitrogen and oxygen atoms in total. The summed E-state index contributed by atoms with van der Waals surface area (Å²) in [4.78, 5) is 7.20. The second-order valence-electron chi connectivity index (χ2n) is 9.67. The number of thiophene rings is 1. The fourth-order valence-corrected chi connectivity index (χ4v) is 6.88. The van der Waals surface area contributed by atoms with E-state index in [0.717, 1.165) is 17.2 Å². The van der Waals surface area contributed by atoms with Crippen LogP contribution in [0.15, 0.2) is 140 Å². The van der Waals surface area contributed by atoms with Gasteiger partial charge in [-0.2, -0.15) is 0 Å². The van der Waals surface area contributed by atoms with Gasteiger partial charge in [0.05, 0.1) is 15.7 Å². The molecule has 0 bridgehead atoms. The number of aromatic nitrogens is 2. The van der Waals surface area contributed by atoms with Crippen LogP contribution in [-0.4, -0.2) is 9.55 Å². The number of para-hydroxylation sites is 4. The Labute approximate surface area is 229 Å². The number of hydrogen-bond donors (Lipinski definition) is 0. The SMILES string of the molecule is c1ccc(N(c2ccccc2)c2nccc3c2sc2ccc(-n4c5ccccc5c5ccccc54)cc23)cc1. The highest BCUT2D eigenvalue weighted by atomic mass is 32.1. The maximum Gasteiger partial charge on any atom is 0.155 e. The number of hydrogen-bond acceptors (Lipinski definition) is 3. The lowest BCUT2D eigenvalue weighted by Gasteiger charge is -2.24. The fraction of sp³-hybridized carbons (Fsp3) is 0. The van der Waals surface area contributed by atoms with Crippen LogP contribution in [0.1, 0.15) is 0 Å². The third-order valence-corrected chi connectivity index (χ3v) is 8.61. The topological polar surface area (TPSA) is 21.1 Å². The van der Waals surface area contributed by atoms with Crippen LogP contribution >= 0.6 is 11.3 Å². The Morgan fingerprint density at radius 2 is 1.13 bits per heavy atom. The van der Waals surface area contributed by atoms with Gasteiger partial charge in [-0.05, 0) is 60.7 Å². The summed E-state index contributed by atoms with van der Waals surface area (Å²) in [7, 11) is 0. The van der Waals surface area contributed by atoms with Crippen molar-refractivity contribution in [1.82, 2.24) is 9.55 Å². The zero-order valence-corrected chi connectivity index (χ0v) is 21.8. The van der Waals surface area contributed by atoms with Crippen molar-refractivity contribution >= 4 is 70.5 Å². The molecule has 39 heavy (non-hydrogen) atoms. The molecule has 5 aromatic carbocycles. The van der Waals surface area contributed by atoms with Crippen LogP contribution in [0.3, 0.4) is 0 Å². The summed E-state index contributed by atoms with van der Waals surface area (Å²) >= 11 is 1.81. The van der Waals surface area contributed by atoms with Gasteiger partial charge in [-0.1, -0.05) is 72.8 Å². The molecule has 4 heteroatoms. The Bertz CT molecular complexity index is 2030. The number of nitrogens with zero attached hydrogens (tertiary/aromatic N) is 3. The van der Waals surface area contributed by atoms with Gasteiger partial charge in [0.15, 0.2) is 5.82 Å². The molecule has 0 aliphatic rings. The standard InChI is InChI=1S/C35H23N3S/c1-3-11-24(12-4-1)37(25-13-5-2-6-14-25)35-34-29(21-22-36-35)30-23-26(19-20-33(30)39-34)38-31-17-9-7-15-27(31)28-16-8-10-18-32(28)38/h1-23H. The maximum absolute atomic E-state index is 4.94. The van der Waals surface area contributed by atoms with Gasteiger partial charge in [-0.3, -0.25) is 4.90 Å². The van der Waals surface area contributed by atoms with Crippen molar-refractivity contribution in [3.05, 3.63) is 140 Å². The quantitative estimate of drug-likeness (QED) is 0.232. The number of fused-ring (bicyclic) bond motifs is 6. The predicted molar refractivity (Wildman–Crippen MR) is 166 cm³/mol. The first-order valence-electron chi connectivity index (χ1n) is 13.1. The molecule has 0 spiro atoms. The van der Waals surface area contributed by atoms with Gasteiger partial charge in [0.1, 0.15) is 0 Å². The van der Waals surface area contributed by atoms with E-state index in [9.17, 15) is 0 Å². The summed E-state index contributed by atoms with van der Waals surface area (Å²) in [6.45, 7) is 0. The van der Waals surface area contributed by atoms with Gasteiger partial charge in [0.2, 0.25) is 0 Å². The molecule has 0 radical (unpaired) electrons. The van der Waals surface area contributed by atoms with E-state index in [1.807, 2.05) is 6.20 Å². The van der Waals surface area contributed by atoms with Crippen LogP contribution in [-0.2, 0) is 0 Å². The van der Waals surface area contributed by atoms with Crippen LogP contribution in [0.4, 0.5) is 17.2 Å². The Morgan fingerprint density at radius 3 is 1.77 bits per heavy atom. The Balaban J connectivity index is 1.38. The Morgan fingerprint density at radius 1 is 0.538 bits per heavy atom. The van der Waals surface area contributed by atoms with Crippen molar-refractivity contribution in [1.29, 1.82) is 0 Å². The zero-order chi connectivity index (χ0) is 25.8. The van der Waals surface area contributed by atoms with E-state index in [1.54, 1.807) is 11.3 Å². The smallest absolute Gasteiger partial charge is 0.155 e. The van der Waals surface area contributed by atoms with Crippen molar-refractivity contribution in [2.24, 2.45) is 0 Å². The van der Waals surface area contributed by atoms with Gasteiger partial charge >= 0.3 is 0 Å². The zero-order valence-electron chi connectivity index (χ0n) is 21.0. The summed E-state index contributed by atoms with van der Waals surface area (Å²) < 4.78 is 4.82. The molecular formula is C35H23N3S. The van der Waals surface area contributed by atoms with Crippen LogP contribution < -0.4 is 4.90 Å². The number of anilines is 3. The van der Waals surface area contributed by atoms with Crippen LogP contribution in [0, 0.1) is 0 Å². The first-order valence-corrected chi connectivity index (χ1v) is 13.9. The van der Waals surface area contributed by atoms with E-state index < -0.39 is 0 Å². The summed E-state index contributed by atoms with van der Waals surface area (Å²) in [6.07, 6.45) is 1.94. The highest BCUT2D eigenvalue weighted by molar-refractivity contribution is 7.26. The average molecular weight is 518 g/mol. The number of benzene rings is 5. The number of rotatable bonds is 4. The second kappa shape index (κ2) is 8.83. The molecule has 0 saturated heterocycles. The van der Waals surface area contributed by atoms with E-state index in [1.165, 1.54) is 47.7 Å². The van der Waals surface area contributed by atoms with E-state index >= 15 is 0 Å². The monoisotopic (exact) mass is 517 g/mol. The van der Waals surface area contributed by atoms with Crippen molar-refractivity contribution < 1.29 is 0 Å². The van der Waals surface area contributed by atoms with E-state index in [2.05, 4.69) is 143 Å². The van der Waals surface area contributed by atoms with Crippen LogP contribution in [0.5, 0.6) is 0 Å². The number of pyridine rings is 1. The molecule has 0 unspecified atom stereocenters. The molecule has 0 atom stereocenters. The highest BCUT2D eigenvalue weighted by Crippen LogP contribution is 2.44. The van der Waals surface area contributed by atoms with Crippen molar-refractivity contribution in [3.8, 4) is 5.69 Å². The molecule has 0 fully saturated rings. The Kier molecular flexibility index (Phi) is 5.00. The third-order valence-electron chi connectivity index (χ3n) is 7.43. The van der Waals surface area contributed by atoms with Crippen LogP contribution in [0.2, 0.25) is 0 Å². The fourth-order valence-electron chi connectivity index (χ4n) is 5.72. The van der Waals surface area contributed by atoms with Gasteiger partial charge in [0.25, 0.3) is 0 Å². The lowest BCUT2D eigenvalue weighted by molar-refractivity contribution is 1.19. The van der Waals surface area contributed by atoms with Crippen molar-refractivity contribution in [2.75, 3.05) is 4.90 Å². The average Bonchev–Trinajstić information content (AvgIpc) is 3.54. The molecule has 0 amide bonds. The molecule has 184 valence electrons. The van der Waals surface area contributed by atoms with Gasteiger partial charge < -0.3 is 4.57 Å². The first kappa shape index (κ1) is 22.1. The van der Waals surface area contributed by atoms with Crippen LogP contribution in [0.25, 0.3) is 47.7 Å². The molecule has 0 aliphatic carbocycles. The minimum atomic E-state index is 0.949.